The Balaban J connectivity index is 3.30. The molecule has 1 N–H and O–H groups in total. The quantitative estimate of drug-likeness (QED) is 0.739. The second-order valence-electron chi connectivity index (χ2n) is 4.82. The normalized spacial score (nSPS) is 14.3. The van der Waals surface area contributed by atoms with E-state index in [0.29, 0.717) is 12.8 Å². The molecule has 21 heavy (non-hydrogen) atoms. The molecule has 0 amide bonds. The molecule has 0 saturated carbocycles. The van der Waals surface area contributed by atoms with Crippen molar-refractivity contribution in [2.24, 2.45) is 0 Å². The van der Waals surface area contributed by atoms with Crippen LogP contribution in [0.3, 0.4) is 0 Å². The van der Waals surface area contributed by atoms with Crippen LogP contribution in [0.2, 0.25) is 0 Å². The minimum absolute atomic E-state index is 0.00750. The molecule has 0 bridgehead atoms. The van der Waals surface area contributed by atoms with Gasteiger partial charge in [0.2, 0.25) is 0 Å². The SMILES string of the molecule is CCCCC(NC)c1cc(C(F)(F)F)cc(C(F)(F)F)c1. The Bertz CT molecular complexity index is 431. The van der Waals surface area contributed by atoms with Crippen LogP contribution in [0.25, 0.3) is 0 Å². The first-order chi connectivity index (χ1) is 9.59. The van der Waals surface area contributed by atoms with Crippen molar-refractivity contribution in [3.8, 4) is 0 Å². The monoisotopic (exact) mass is 313 g/mol. The van der Waals surface area contributed by atoms with E-state index in [2.05, 4.69) is 5.32 Å². The lowest BCUT2D eigenvalue weighted by molar-refractivity contribution is -0.143. The van der Waals surface area contributed by atoms with E-state index in [-0.39, 0.29) is 11.6 Å². The van der Waals surface area contributed by atoms with Crippen molar-refractivity contribution < 1.29 is 26.3 Å². The molecular weight excluding hydrogens is 296 g/mol. The standard InChI is InChI=1S/C14H17F6N/c1-3-4-5-12(21-2)9-6-10(13(15,16)17)8-11(7-9)14(18,19)20/h6-8,12,21H,3-5H2,1-2H3. The van der Waals surface area contributed by atoms with Crippen LogP contribution in [-0.2, 0) is 12.4 Å². The van der Waals surface area contributed by atoms with Gasteiger partial charge in [-0.15, -0.1) is 0 Å². The van der Waals surface area contributed by atoms with Gasteiger partial charge in [-0.05, 0) is 37.2 Å². The molecule has 0 aliphatic heterocycles. The van der Waals surface area contributed by atoms with E-state index in [4.69, 9.17) is 0 Å². The molecule has 0 spiro atoms. The van der Waals surface area contributed by atoms with Gasteiger partial charge in [0.1, 0.15) is 0 Å². The molecule has 0 aromatic heterocycles. The molecule has 1 nitrogen and oxygen atoms in total. The number of nitrogens with one attached hydrogen (secondary N) is 1. The average Bonchev–Trinajstić information content (AvgIpc) is 2.37. The van der Waals surface area contributed by atoms with Gasteiger partial charge in [0.05, 0.1) is 11.1 Å². The predicted octanol–water partition coefficient (Wildman–Crippen LogP) is 5.17. The maximum absolute atomic E-state index is 12.8. The summed E-state index contributed by atoms with van der Waals surface area (Å²) in [5.41, 5.74) is -2.54. The Morgan fingerprint density at radius 1 is 0.952 bits per heavy atom. The molecule has 120 valence electrons. The molecule has 1 aromatic rings. The lowest BCUT2D eigenvalue weighted by atomic mass is 9.96. The van der Waals surface area contributed by atoms with E-state index in [1.165, 1.54) is 7.05 Å². The van der Waals surface area contributed by atoms with Crippen LogP contribution >= 0.6 is 0 Å². The van der Waals surface area contributed by atoms with Crippen LogP contribution in [0.1, 0.15) is 48.9 Å². The van der Waals surface area contributed by atoms with Crippen LogP contribution < -0.4 is 5.32 Å². The summed E-state index contributed by atoms with van der Waals surface area (Å²) in [6, 6.07) is 1.18. The predicted molar refractivity (Wildman–Crippen MR) is 67.8 cm³/mol. The second kappa shape index (κ2) is 6.68. The third-order valence-electron chi connectivity index (χ3n) is 3.21. The summed E-state index contributed by atoms with van der Waals surface area (Å²) in [4.78, 5) is 0. The van der Waals surface area contributed by atoms with Gasteiger partial charge in [-0.2, -0.15) is 26.3 Å². The van der Waals surface area contributed by atoms with Gasteiger partial charge >= 0.3 is 12.4 Å². The minimum Gasteiger partial charge on any atom is -0.313 e. The van der Waals surface area contributed by atoms with Crippen molar-refractivity contribution in [3.05, 3.63) is 34.9 Å². The van der Waals surface area contributed by atoms with Crippen molar-refractivity contribution in [3.63, 3.8) is 0 Å². The maximum atomic E-state index is 12.8. The van der Waals surface area contributed by atoms with E-state index >= 15 is 0 Å². The molecule has 1 unspecified atom stereocenters. The molecule has 0 radical (unpaired) electrons. The van der Waals surface area contributed by atoms with Crippen LogP contribution in [0.15, 0.2) is 18.2 Å². The average molecular weight is 313 g/mol. The molecule has 0 fully saturated rings. The fourth-order valence-corrected chi connectivity index (χ4v) is 2.07. The topological polar surface area (TPSA) is 12.0 Å². The zero-order valence-corrected chi connectivity index (χ0v) is 11.7. The number of alkyl halides is 6. The number of rotatable bonds is 5. The van der Waals surface area contributed by atoms with E-state index in [9.17, 15) is 26.3 Å². The molecule has 1 atom stereocenters. The highest BCUT2D eigenvalue weighted by atomic mass is 19.4. The van der Waals surface area contributed by atoms with Crippen LogP contribution in [-0.4, -0.2) is 7.05 Å². The molecule has 1 aromatic carbocycles. The highest BCUT2D eigenvalue weighted by molar-refractivity contribution is 5.35. The van der Waals surface area contributed by atoms with E-state index in [0.717, 1.165) is 18.6 Å². The van der Waals surface area contributed by atoms with Gasteiger partial charge in [-0.25, -0.2) is 0 Å². The highest BCUT2D eigenvalue weighted by Gasteiger charge is 2.37. The Kier molecular flexibility index (Phi) is 5.67. The summed E-state index contributed by atoms with van der Waals surface area (Å²) >= 11 is 0. The summed E-state index contributed by atoms with van der Waals surface area (Å²) in [6.45, 7) is 1.90. The Labute approximate surface area is 119 Å². The molecule has 1 rings (SSSR count). The smallest absolute Gasteiger partial charge is 0.313 e. The first-order valence-electron chi connectivity index (χ1n) is 6.56. The first-order valence-corrected chi connectivity index (χ1v) is 6.56. The molecule has 0 saturated heterocycles. The van der Waals surface area contributed by atoms with E-state index in [1.807, 2.05) is 6.92 Å². The van der Waals surface area contributed by atoms with Crippen molar-refractivity contribution in [1.29, 1.82) is 0 Å². The minimum atomic E-state index is -4.81. The summed E-state index contributed by atoms with van der Waals surface area (Å²) in [7, 11) is 1.52. The Hall–Kier alpha value is -1.24. The van der Waals surface area contributed by atoms with Crippen LogP contribution in [0.4, 0.5) is 26.3 Å². The molecule has 0 aliphatic rings. The number of halogens is 6. The van der Waals surface area contributed by atoms with Crippen LogP contribution in [0.5, 0.6) is 0 Å². The summed E-state index contributed by atoms with van der Waals surface area (Å²) < 4.78 is 76.6. The third-order valence-corrected chi connectivity index (χ3v) is 3.21. The molecule has 0 aliphatic carbocycles. The van der Waals surface area contributed by atoms with Gasteiger partial charge in [0.25, 0.3) is 0 Å². The second-order valence-corrected chi connectivity index (χ2v) is 4.82. The lowest BCUT2D eigenvalue weighted by Crippen LogP contribution is -2.19. The maximum Gasteiger partial charge on any atom is 0.416 e. The molecule has 0 heterocycles. The largest absolute Gasteiger partial charge is 0.416 e. The molecule has 7 heteroatoms. The highest BCUT2D eigenvalue weighted by Crippen LogP contribution is 2.37. The number of hydrogen-bond acceptors (Lipinski definition) is 1. The Morgan fingerprint density at radius 2 is 1.43 bits per heavy atom. The third kappa shape index (κ3) is 4.91. The zero-order chi connectivity index (χ0) is 16.3. The summed E-state index contributed by atoms with van der Waals surface area (Å²) in [6.07, 6.45) is -7.61. The van der Waals surface area contributed by atoms with Gasteiger partial charge < -0.3 is 5.32 Å². The zero-order valence-electron chi connectivity index (χ0n) is 11.7. The van der Waals surface area contributed by atoms with Crippen molar-refractivity contribution in [2.45, 2.75) is 44.6 Å². The van der Waals surface area contributed by atoms with Gasteiger partial charge in [-0.3, -0.25) is 0 Å². The summed E-state index contributed by atoms with van der Waals surface area (Å²) in [5, 5.41) is 2.78. The number of unbranched alkanes of at least 4 members (excludes halogenated alkanes) is 1. The summed E-state index contributed by atoms with van der Waals surface area (Å²) in [5.74, 6) is 0. The fraction of sp³-hybridized carbons (Fsp3) is 0.571. The Morgan fingerprint density at radius 3 is 1.76 bits per heavy atom. The van der Waals surface area contributed by atoms with Gasteiger partial charge in [0.15, 0.2) is 0 Å². The van der Waals surface area contributed by atoms with Crippen molar-refractivity contribution in [2.75, 3.05) is 7.05 Å². The van der Waals surface area contributed by atoms with E-state index < -0.39 is 29.5 Å². The van der Waals surface area contributed by atoms with E-state index in [1.54, 1.807) is 0 Å². The van der Waals surface area contributed by atoms with Gasteiger partial charge in [-0.1, -0.05) is 19.8 Å². The van der Waals surface area contributed by atoms with Crippen molar-refractivity contribution in [1.82, 2.24) is 5.32 Å². The lowest BCUT2D eigenvalue weighted by Gasteiger charge is -2.20. The number of benzene rings is 1. The first kappa shape index (κ1) is 17.8. The van der Waals surface area contributed by atoms with Crippen LogP contribution in [0, 0.1) is 0 Å². The van der Waals surface area contributed by atoms with Gasteiger partial charge in [0, 0.05) is 6.04 Å². The fourth-order valence-electron chi connectivity index (χ4n) is 2.07. The number of hydrogen-bond donors (Lipinski definition) is 1. The van der Waals surface area contributed by atoms with Crippen molar-refractivity contribution >= 4 is 0 Å². The molecular formula is C14H17F6N.